The van der Waals surface area contributed by atoms with Crippen molar-refractivity contribution in [1.82, 2.24) is 4.31 Å². The molecule has 1 aliphatic heterocycles. The number of carbonyl (C=O) groups is 2. The van der Waals surface area contributed by atoms with Gasteiger partial charge in [0, 0.05) is 11.3 Å². The Morgan fingerprint density at radius 2 is 1.50 bits per heavy atom. The van der Waals surface area contributed by atoms with E-state index in [1.54, 1.807) is 36.4 Å². The number of sulfonamides is 1. The van der Waals surface area contributed by atoms with Crippen LogP contribution in [-0.2, 0) is 29.4 Å². The van der Waals surface area contributed by atoms with Crippen LogP contribution in [0.4, 0.5) is 5.69 Å². The van der Waals surface area contributed by atoms with E-state index in [2.05, 4.69) is 5.32 Å². The van der Waals surface area contributed by atoms with Gasteiger partial charge in [-0.2, -0.15) is 0 Å². The first-order chi connectivity index (χ1) is 15.4. The molecule has 1 aliphatic rings. The number of anilines is 1. The molecule has 2 amide bonds. The van der Waals surface area contributed by atoms with E-state index in [1.807, 2.05) is 32.0 Å². The molecule has 3 aromatic rings. The van der Waals surface area contributed by atoms with Crippen molar-refractivity contribution in [3.8, 4) is 0 Å². The lowest BCUT2D eigenvalue weighted by Crippen LogP contribution is -2.29. The Morgan fingerprint density at radius 3 is 2.09 bits per heavy atom. The number of amides is 2. The fourth-order valence-corrected chi connectivity index (χ4v) is 5.46. The van der Waals surface area contributed by atoms with Gasteiger partial charge >= 0.3 is 0 Å². The van der Waals surface area contributed by atoms with Gasteiger partial charge in [0.05, 0.1) is 12.1 Å². The third-order valence-corrected chi connectivity index (χ3v) is 7.48. The van der Waals surface area contributed by atoms with Crippen LogP contribution in [0.1, 0.15) is 51.3 Å². The summed E-state index contributed by atoms with van der Waals surface area (Å²) >= 11 is 0. The molecular weight excluding hydrogens is 424 g/mol. The van der Waals surface area contributed by atoms with E-state index >= 15 is 0 Å². The van der Waals surface area contributed by atoms with E-state index in [0.717, 1.165) is 34.0 Å². The maximum atomic E-state index is 12.8. The van der Waals surface area contributed by atoms with Crippen LogP contribution in [0.25, 0.3) is 0 Å². The van der Waals surface area contributed by atoms with Crippen LogP contribution in [0, 0.1) is 0 Å². The number of hydrogen-bond donors (Lipinski definition) is 1. The van der Waals surface area contributed by atoms with E-state index in [9.17, 15) is 18.0 Å². The molecular formula is C25H24N2O4S. The van der Waals surface area contributed by atoms with E-state index in [0.29, 0.717) is 11.1 Å². The number of nitrogens with one attached hydrogen (secondary N) is 1. The van der Waals surface area contributed by atoms with Crippen molar-refractivity contribution in [3.63, 3.8) is 0 Å². The molecule has 0 saturated heterocycles. The minimum absolute atomic E-state index is 0.0299. The minimum Gasteiger partial charge on any atom is -0.321 e. The van der Waals surface area contributed by atoms with Crippen LogP contribution < -0.4 is 5.32 Å². The number of nitrogens with zero attached hydrogens (tertiary/aromatic N) is 1. The van der Waals surface area contributed by atoms with Crippen molar-refractivity contribution in [2.45, 2.75) is 38.1 Å². The number of rotatable bonds is 6. The molecule has 1 heterocycles. The second-order valence-electron chi connectivity index (χ2n) is 7.62. The van der Waals surface area contributed by atoms with Crippen LogP contribution in [0.15, 0.2) is 71.6 Å². The Morgan fingerprint density at radius 1 is 0.875 bits per heavy atom. The van der Waals surface area contributed by atoms with Crippen LogP contribution in [0.3, 0.4) is 0 Å². The largest absolute Gasteiger partial charge is 0.321 e. The number of benzene rings is 3. The number of hydrogen-bond acceptors (Lipinski definition) is 4. The van der Waals surface area contributed by atoms with Crippen molar-refractivity contribution in [2.75, 3.05) is 5.32 Å². The van der Waals surface area contributed by atoms with Gasteiger partial charge in [0.2, 0.25) is 0 Å². The summed E-state index contributed by atoms with van der Waals surface area (Å²) in [5.41, 5.74) is 4.26. The first-order valence-corrected chi connectivity index (χ1v) is 12.0. The van der Waals surface area contributed by atoms with Crippen molar-refractivity contribution in [1.29, 1.82) is 0 Å². The van der Waals surface area contributed by atoms with Gasteiger partial charge in [-0.15, -0.1) is 0 Å². The van der Waals surface area contributed by atoms with Gasteiger partial charge in [0.1, 0.15) is 4.90 Å². The van der Waals surface area contributed by atoms with Crippen LogP contribution in [0.2, 0.25) is 0 Å². The fraction of sp³-hybridized carbons (Fsp3) is 0.200. The molecule has 4 rings (SSSR count). The molecule has 0 saturated carbocycles. The summed E-state index contributed by atoms with van der Waals surface area (Å²) in [6.45, 7) is 4.01. The quantitative estimate of drug-likeness (QED) is 0.606. The monoisotopic (exact) mass is 448 g/mol. The second-order valence-corrected chi connectivity index (χ2v) is 9.45. The summed E-state index contributed by atoms with van der Waals surface area (Å²) in [6, 6.07) is 18.8. The summed E-state index contributed by atoms with van der Waals surface area (Å²) in [7, 11) is -3.87. The molecule has 0 atom stereocenters. The van der Waals surface area contributed by atoms with E-state index in [1.165, 1.54) is 12.1 Å². The molecule has 0 fully saturated rings. The molecule has 6 nitrogen and oxygen atoms in total. The zero-order chi connectivity index (χ0) is 22.9. The molecule has 0 unspecified atom stereocenters. The lowest BCUT2D eigenvalue weighted by molar-refractivity contribution is 0.0864. The molecule has 0 radical (unpaired) electrons. The summed E-state index contributed by atoms with van der Waals surface area (Å²) in [6.07, 6.45) is 1.62. The third kappa shape index (κ3) is 3.80. The van der Waals surface area contributed by atoms with Crippen molar-refractivity contribution >= 4 is 27.5 Å². The number of aryl methyl sites for hydroxylation is 2. The molecule has 0 bridgehead atoms. The predicted octanol–water partition coefficient (Wildman–Crippen LogP) is 4.41. The highest BCUT2D eigenvalue weighted by molar-refractivity contribution is 7.90. The number of carbonyl (C=O) groups excluding carboxylic acids is 2. The maximum absolute atomic E-state index is 12.8. The van der Waals surface area contributed by atoms with Gasteiger partial charge in [0.25, 0.3) is 21.8 Å². The topological polar surface area (TPSA) is 83.6 Å². The van der Waals surface area contributed by atoms with Gasteiger partial charge in [0.15, 0.2) is 0 Å². The number of fused-ring (bicyclic) bond motifs is 1. The van der Waals surface area contributed by atoms with E-state index in [4.69, 9.17) is 0 Å². The first-order valence-electron chi connectivity index (χ1n) is 10.5. The van der Waals surface area contributed by atoms with Crippen LogP contribution >= 0.6 is 0 Å². The van der Waals surface area contributed by atoms with Gasteiger partial charge in [-0.1, -0.05) is 56.3 Å². The van der Waals surface area contributed by atoms with Crippen molar-refractivity contribution in [2.24, 2.45) is 0 Å². The van der Waals surface area contributed by atoms with Gasteiger partial charge in [-0.25, -0.2) is 12.7 Å². The first kappa shape index (κ1) is 21.8. The standard InChI is InChI=1S/C25H24N2O4S/c1-3-18-8-7-9-19(4-2)23(18)26-24(28)20-14-12-17(13-15-20)16-27-25(29)21-10-5-6-11-22(21)32(27,30)31/h5-15H,3-4,16H2,1-2H3,(H,26,28). The van der Waals surface area contributed by atoms with Crippen molar-refractivity contribution < 1.29 is 18.0 Å². The highest BCUT2D eigenvalue weighted by Gasteiger charge is 2.40. The molecule has 0 spiro atoms. The third-order valence-electron chi connectivity index (χ3n) is 5.69. The van der Waals surface area contributed by atoms with Gasteiger partial charge in [-0.05, 0) is 53.8 Å². The Bertz CT molecular complexity index is 1280. The summed E-state index contributed by atoms with van der Waals surface area (Å²) < 4.78 is 26.4. The minimum atomic E-state index is -3.87. The molecule has 0 aliphatic carbocycles. The molecule has 32 heavy (non-hydrogen) atoms. The highest BCUT2D eigenvalue weighted by atomic mass is 32.2. The maximum Gasteiger partial charge on any atom is 0.269 e. The Kier molecular flexibility index (Phi) is 5.84. The smallest absolute Gasteiger partial charge is 0.269 e. The predicted molar refractivity (Wildman–Crippen MR) is 123 cm³/mol. The highest BCUT2D eigenvalue weighted by Crippen LogP contribution is 2.31. The van der Waals surface area contributed by atoms with E-state index < -0.39 is 15.9 Å². The molecule has 164 valence electrons. The normalized spacial score (nSPS) is 14.3. The van der Waals surface area contributed by atoms with Crippen LogP contribution in [0.5, 0.6) is 0 Å². The molecule has 3 aromatic carbocycles. The number of para-hydroxylation sites is 1. The van der Waals surface area contributed by atoms with Crippen molar-refractivity contribution in [3.05, 3.63) is 94.5 Å². The average molecular weight is 449 g/mol. The summed E-state index contributed by atoms with van der Waals surface area (Å²) in [5, 5.41) is 3.02. The van der Waals surface area contributed by atoms with Gasteiger partial charge in [-0.3, -0.25) is 9.59 Å². The Hall–Kier alpha value is -3.45. The zero-order valence-corrected chi connectivity index (χ0v) is 18.8. The van der Waals surface area contributed by atoms with Crippen LogP contribution in [-0.4, -0.2) is 24.5 Å². The summed E-state index contributed by atoms with van der Waals surface area (Å²) in [4.78, 5) is 25.5. The second kappa shape index (κ2) is 8.59. The Balaban J connectivity index is 1.53. The lowest BCUT2D eigenvalue weighted by Gasteiger charge is -2.16. The SMILES string of the molecule is CCc1cccc(CC)c1NC(=O)c1ccc(CN2C(=O)c3ccccc3S2(=O)=O)cc1. The van der Waals surface area contributed by atoms with Gasteiger partial charge < -0.3 is 5.32 Å². The Labute approximate surface area is 187 Å². The van der Waals surface area contributed by atoms with E-state index in [-0.39, 0.29) is 22.9 Å². The zero-order valence-electron chi connectivity index (χ0n) is 18.0. The summed E-state index contributed by atoms with van der Waals surface area (Å²) in [5.74, 6) is -0.768. The molecule has 7 heteroatoms. The lowest BCUT2D eigenvalue weighted by atomic mass is 10.0. The molecule has 1 N–H and O–H groups in total. The fourth-order valence-electron chi connectivity index (χ4n) is 3.90. The average Bonchev–Trinajstić information content (AvgIpc) is 3.00. The molecule has 0 aromatic heterocycles.